The Morgan fingerprint density at radius 1 is 1.44 bits per heavy atom. The van der Waals surface area contributed by atoms with E-state index in [2.05, 4.69) is 0 Å². The monoisotopic (exact) mass is 269 g/mol. The van der Waals surface area contributed by atoms with Crippen molar-refractivity contribution >= 4 is 23.2 Å². The number of aliphatic carboxylic acids is 1. The number of amides is 1. The highest BCUT2D eigenvalue weighted by Gasteiger charge is 2.16. The minimum atomic E-state index is -0.855. The van der Waals surface area contributed by atoms with Gasteiger partial charge in [0.2, 0.25) is 5.91 Å². The minimum absolute atomic E-state index is 0.00319. The van der Waals surface area contributed by atoms with Crippen molar-refractivity contribution in [2.75, 3.05) is 7.05 Å². The zero-order chi connectivity index (χ0) is 13.7. The minimum Gasteiger partial charge on any atom is -0.481 e. The zero-order valence-corrected chi connectivity index (χ0v) is 11.8. The van der Waals surface area contributed by atoms with E-state index in [-0.39, 0.29) is 24.7 Å². The van der Waals surface area contributed by atoms with E-state index in [9.17, 15) is 9.59 Å². The van der Waals surface area contributed by atoms with Gasteiger partial charge in [-0.15, -0.1) is 11.3 Å². The Balaban J connectivity index is 2.47. The predicted molar refractivity (Wildman–Crippen MR) is 71.6 cm³/mol. The lowest BCUT2D eigenvalue weighted by Crippen LogP contribution is -2.27. The normalized spacial score (nSPS) is 12.2. The number of rotatable bonds is 6. The van der Waals surface area contributed by atoms with Gasteiger partial charge in [-0.1, -0.05) is 6.92 Å². The highest BCUT2D eigenvalue weighted by Crippen LogP contribution is 2.18. The van der Waals surface area contributed by atoms with Crippen LogP contribution in [-0.2, 0) is 16.1 Å². The smallest absolute Gasteiger partial charge is 0.303 e. The molecule has 0 bridgehead atoms. The van der Waals surface area contributed by atoms with Gasteiger partial charge in [-0.2, -0.15) is 0 Å². The summed E-state index contributed by atoms with van der Waals surface area (Å²) in [5.74, 6) is -0.981. The van der Waals surface area contributed by atoms with E-state index in [1.807, 2.05) is 18.4 Å². The van der Waals surface area contributed by atoms with Crippen molar-refractivity contribution in [2.45, 2.75) is 33.2 Å². The molecule has 5 heteroatoms. The van der Waals surface area contributed by atoms with Crippen LogP contribution in [0.1, 0.15) is 30.2 Å². The van der Waals surface area contributed by atoms with Gasteiger partial charge in [0.25, 0.3) is 0 Å². The third-order valence-electron chi connectivity index (χ3n) is 2.82. The number of thiophene rings is 1. The first kappa shape index (κ1) is 14.7. The van der Waals surface area contributed by atoms with Gasteiger partial charge in [0.15, 0.2) is 0 Å². The van der Waals surface area contributed by atoms with E-state index in [0.29, 0.717) is 6.54 Å². The molecule has 1 amide bonds. The first-order valence-electron chi connectivity index (χ1n) is 5.89. The van der Waals surface area contributed by atoms with E-state index in [1.54, 1.807) is 30.2 Å². The van der Waals surface area contributed by atoms with Gasteiger partial charge in [0, 0.05) is 24.8 Å². The molecule has 0 aliphatic heterocycles. The molecule has 100 valence electrons. The summed E-state index contributed by atoms with van der Waals surface area (Å²) in [6.07, 6.45) is 0.324. The fraction of sp³-hybridized carbons (Fsp3) is 0.538. The van der Waals surface area contributed by atoms with Crippen LogP contribution in [0.2, 0.25) is 0 Å². The largest absolute Gasteiger partial charge is 0.481 e. The van der Waals surface area contributed by atoms with Crippen LogP contribution in [0.3, 0.4) is 0 Å². The van der Waals surface area contributed by atoms with Crippen molar-refractivity contribution in [3.8, 4) is 0 Å². The van der Waals surface area contributed by atoms with E-state index in [1.165, 1.54) is 10.4 Å². The molecule has 0 aliphatic carbocycles. The molecular weight excluding hydrogens is 250 g/mol. The summed E-state index contributed by atoms with van der Waals surface area (Å²) in [4.78, 5) is 25.3. The van der Waals surface area contributed by atoms with Crippen LogP contribution < -0.4 is 0 Å². The standard InChI is InChI=1S/C13H19NO3S/c1-9(7-13(16)17)6-12(15)14(3)8-11-10(2)4-5-18-11/h4-5,9H,6-8H2,1-3H3,(H,16,17). The summed E-state index contributed by atoms with van der Waals surface area (Å²) in [5.41, 5.74) is 1.19. The van der Waals surface area contributed by atoms with Crippen LogP contribution in [0, 0.1) is 12.8 Å². The van der Waals surface area contributed by atoms with Crippen LogP contribution >= 0.6 is 11.3 Å². The highest BCUT2D eigenvalue weighted by molar-refractivity contribution is 7.10. The van der Waals surface area contributed by atoms with Crippen LogP contribution in [0.4, 0.5) is 0 Å². The quantitative estimate of drug-likeness (QED) is 0.863. The van der Waals surface area contributed by atoms with Crippen molar-refractivity contribution in [1.82, 2.24) is 4.90 Å². The second kappa shape index (κ2) is 6.54. The first-order valence-corrected chi connectivity index (χ1v) is 6.76. The Morgan fingerprint density at radius 3 is 2.61 bits per heavy atom. The van der Waals surface area contributed by atoms with Crippen LogP contribution in [0.5, 0.6) is 0 Å². The highest BCUT2D eigenvalue weighted by atomic mass is 32.1. The number of hydrogen-bond acceptors (Lipinski definition) is 3. The molecule has 1 N–H and O–H groups in total. The molecule has 0 spiro atoms. The number of hydrogen-bond donors (Lipinski definition) is 1. The van der Waals surface area contributed by atoms with Gasteiger partial charge in [-0.05, 0) is 29.9 Å². The molecule has 0 aliphatic rings. The number of carboxylic acid groups (broad SMARTS) is 1. The summed E-state index contributed by atoms with van der Waals surface area (Å²) in [7, 11) is 1.76. The zero-order valence-electron chi connectivity index (χ0n) is 11.0. The second-order valence-corrected chi connectivity index (χ2v) is 5.68. The van der Waals surface area contributed by atoms with Gasteiger partial charge >= 0.3 is 5.97 Å². The Kier molecular flexibility index (Phi) is 5.34. The molecule has 1 unspecified atom stereocenters. The van der Waals surface area contributed by atoms with Crippen molar-refractivity contribution < 1.29 is 14.7 Å². The molecule has 1 rings (SSSR count). The SMILES string of the molecule is Cc1ccsc1CN(C)C(=O)CC(C)CC(=O)O. The predicted octanol–water partition coefficient (Wildman–Crippen LogP) is 2.52. The van der Waals surface area contributed by atoms with Crippen LogP contribution in [0.25, 0.3) is 0 Å². The third kappa shape index (κ3) is 4.49. The summed E-state index contributed by atoms with van der Waals surface area (Å²) in [6, 6.07) is 2.03. The number of carboxylic acids is 1. The fourth-order valence-corrected chi connectivity index (χ4v) is 2.65. The number of carbonyl (C=O) groups is 2. The van der Waals surface area contributed by atoms with Crippen molar-refractivity contribution in [2.24, 2.45) is 5.92 Å². The maximum absolute atomic E-state index is 11.9. The van der Waals surface area contributed by atoms with Crippen LogP contribution in [0.15, 0.2) is 11.4 Å². The van der Waals surface area contributed by atoms with Crippen molar-refractivity contribution in [3.63, 3.8) is 0 Å². The topological polar surface area (TPSA) is 57.6 Å². The summed E-state index contributed by atoms with van der Waals surface area (Å²) >= 11 is 1.64. The maximum atomic E-state index is 11.9. The van der Waals surface area contributed by atoms with E-state index < -0.39 is 5.97 Å². The second-order valence-electron chi connectivity index (χ2n) is 4.68. The lowest BCUT2D eigenvalue weighted by molar-refractivity contribution is -0.138. The molecule has 1 aromatic heterocycles. The molecule has 0 radical (unpaired) electrons. The average Bonchev–Trinajstić information content (AvgIpc) is 2.62. The summed E-state index contributed by atoms with van der Waals surface area (Å²) < 4.78 is 0. The molecule has 0 saturated heterocycles. The molecule has 1 heterocycles. The molecule has 1 aromatic rings. The Morgan fingerprint density at radius 2 is 2.11 bits per heavy atom. The lowest BCUT2D eigenvalue weighted by atomic mass is 10.0. The molecule has 0 saturated carbocycles. The van der Waals surface area contributed by atoms with Gasteiger partial charge in [-0.3, -0.25) is 9.59 Å². The molecule has 0 fully saturated rings. The fourth-order valence-electron chi connectivity index (χ4n) is 1.69. The summed E-state index contributed by atoms with van der Waals surface area (Å²) in [5, 5.41) is 10.7. The van der Waals surface area contributed by atoms with E-state index in [0.717, 1.165) is 0 Å². The third-order valence-corrected chi connectivity index (χ3v) is 3.83. The van der Waals surface area contributed by atoms with Gasteiger partial charge in [0.1, 0.15) is 0 Å². The Labute approximate surface area is 111 Å². The van der Waals surface area contributed by atoms with E-state index >= 15 is 0 Å². The number of nitrogens with zero attached hydrogens (tertiary/aromatic N) is 1. The summed E-state index contributed by atoms with van der Waals surface area (Å²) in [6.45, 7) is 4.41. The average molecular weight is 269 g/mol. The van der Waals surface area contributed by atoms with Gasteiger partial charge in [0.05, 0.1) is 6.54 Å². The molecule has 0 aromatic carbocycles. The number of carbonyl (C=O) groups excluding carboxylic acids is 1. The number of aryl methyl sites for hydroxylation is 1. The van der Waals surface area contributed by atoms with Crippen LogP contribution in [-0.4, -0.2) is 28.9 Å². The molecular formula is C13H19NO3S. The lowest BCUT2D eigenvalue weighted by Gasteiger charge is -2.18. The van der Waals surface area contributed by atoms with Crippen molar-refractivity contribution in [1.29, 1.82) is 0 Å². The van der Waals surface area contributed by atoms with Gasteiger partial charge < -0.3 is 10.0 Å². The Hall–Kier alpha value is -1.36. The molecule has 4 nitrogen and oxygen atoms in total. The van der Waals surface area contributed by atoms with Gasteiger partial charge in [-0.25, -0.2) is 0 Å². The first-order chi connectivity index (χ1) is 8.40. The maximum Gasteiger partial charge on any atom is 0.303 e. The molecule has 18 heavy (non-hydrogen) atoms. The van der Waals surface area contributed by atoms with Crippen molar-refractivity contribution in [3.05, 3.63) is 21.9 Å². The van der Waals surface area contributed by atoms with E-state index in [4.69, 9.17) is 5.11 Å². The molecule has 1 atom stereocenters. The Bertz CT molecular complexity index is 428.